The van der Waals surface area contributed by atoms with Gasteiger partial charge in [0.15, 0.2) is 6.61 Å². The maximum absolute atomic E-state index is 10.7. The Kier molecular flexibility index (Phi) is 3.46. The van der Waals surface area contributed by atoms with E-state index < -0.39 is 11.0 Å². The molecule has 0 atom stereocenters. The van der Waals surface area contributed by atoms with Gasteiger partial charge < -0.3 is 4.74 Å². The van der Waals surface area contributed by atoms with Crippen LogP contribution in [-0.4, -0.2) is 17.6 Å². The van der Waals surface area contributed by atoms with Gasteiger partial charge in [-0.2, -0.15) is 0 Å². The van der Waals surface area contributed by atoms with Crippen molar-refractivity contribution >= 4 is 22.6 Å². The molecule has 0 aromatic heterocycles. The van der Waals surface area contributed by atoms with E-state index >= 15 is 0 Å². The Morgan fingerprint density at radius 3 is 2.38 bits per heavy atom. The van der Waals surface area contributed by atoms with Gasteiger partial charge in [0.1, 0.15) is 5.75 Å². The number of carbonyl (C=O) groups is 2. The van der Waals surface area contributed by atoms with Gasteiger partial charge in [-0.05, 0) is 23.7 Å². The second-order valence-electron chi connectivity index (χ2n) is 2.30. The normalized spacial score (nSPS) is 9.31. The molecular weight excluding hydrogens is 192 g/mol. The number of Topliss-reactive ketones (excluding diaryl/α,β-unsaturated/α-hetero) is 1. The van der Waals surface area contributed by atoms with Crippen LogP contribution in [0, 0.1) is 0 Å². The summed E-state index contributed by atoms with van der Waals surface area (Å²) in [5.74, 6) is -0.209. The summed E-state index contributed by atoms with van der Waals surface area (Å²) in [4.78, 5) is 21.0. The number of ketones is 1. The first kappa shape index (κ1) is 9.74. The molecule has 0 saturated carbocycles. The van der Waals surface area contributed by atoms with Crippen molar-refractivity contribution in [1.82, 2.24) is 0 Å². The van der Waals surface area contributed by atoms with Gasteiger partial charge >= 0.3 is 0 Å². The highest BCUT2D eigenvalue weighted by Gasteiger charge is 2.10. The van der Waals surface area contributed by atoms with Crippen LogP contribution in [0.2, 0.25) is 0 Å². The van der Waals surface area contributed by atoms with Gasteiger partial charge in [0, 0.05) is 0 Å². The van der Waals surface area contributed by atoms with Crippen molar-refractivity contribution in [2.24, 2.45) is 0 Å². The van der Waals surface area contributed by atoms with E-state index in [-0.39, 0.29) is 6.61 Å². The zero-order valence-corrected chi connectivity index (χ0v) is 7.45. The molecule has 3 nitrogen and oxygen atoms in total. The van der Waals surface area contributed by atoms with E-state index in [2.05, 4.69) is 0 Å². The third-order valence-corrected chi connectivity index (χ3v) is 1.54. The van der Waals surface area contributed by atoms with Crippen LogP contribution in [0.3, 0.4) is 0 Å². The van der Waals surface area contributed by atoms with E-state index in [4.69, 9.17) is 16.3 Å². The molecule has 0 spiro atoms. The Labute approximate surface area is 80.3 Å². The molecule has 0 heterocycles. The Bertz CT molecular complexity index is 308. The molecule has 0 aliphatic heterocycles. The minimum Gasteiger partial charge on any atom is -0.485 e. The predicted molar refractivity (Wildman–Crippen MR) is 47.8 cm³/mol. The smallest absolute Gasteiger partial charge is 0.291 e. The van der Waals surface area contributed by atoms with E-state index in [9.17, 15) is 9.59 Å². The van der Waals surface area contributed by atoms with Crippen LogP contribution in [0.4, 0.5) is 0 Å². The fourth-order valence-corrected chi connectivity index (χ4v) is 0.777. The summed E-state index contributed by atoms with van der Waals surface area (Å²) >= 11 is 4.93. The van der Waals surface area contributed by atoms with E-state index in [1.165, 1.54) is 0 Å². The number of benzene rings is 1. The average molecular weight is 199 g/mol. The van der Waals surface area contributed by atoms with Crippen molar-refractivity contribution in [3.05, 3.63) is 30.3 Å². The molecule has 1 aromatic rings. The lowest BCUT2D eigenvalue weighted by molar-refractivity contribution is -0.133. The van der Waals surface area contributed by atoms with Crippen LogP contribution in [0.1, 0.15) is 0 Å². The van der Waals surface area contributed by atoms with Crippen LogP contribution < -0.4 is 4.74 Å². The molecule has 1 rings (SSSR count). The lowest BCUT2D eigenvalue weighted by Gasteiger charge is -2.01. The molecule has 0 radical (unpaired) electrons. The summed E-state index contributed by atoms with van der Waals surface area (Å²) < 4.78 is 4.97. The molecule has 0 fully saturated rings. The molecule has 0 saturated heterocycles. The van der Waals surface area contributed by atoms with Crippen molar-refractivity contribution in [3.8, 4) is 5.75 Å². The summed E-state index contributed by atoms with van der Waals surface area (Å²) in [6.45, 7) is -0.313. The maximum Gasteiger partial charge on any atom is 0.291 e. The van der Waals surface area contributed by atoms with Crippen molar-refractivity contribution < 1.29 is 14.3 Å². The zero-order chi connectivity index (χ0) is 9.68. The quantitative estimate of drug-likeness (QED) is 0.543. The minimum atomic E-state index is -1.00. The molecular formula is C9H7ClO3. The molecule has 13 heavy (non-hydrogen) atoms. The number of para-hydroxylation sites is 1. The molecule has 0 N–H and O–H groups in total. The molecule has 0 unspecified atom stereocenters. The zero-order valence-electron chi connectivity index (χ0n) is 6.70. The Hall–Kier alpha value is -1.35. The molecule has 68 valence electrons. The van der Waals surface area contributed by atoms with E-state index in [1.807, 2.05) is 6.07 Å². The lowest BCUT2D eigenvalue weighted by Crippen LogP contribution is -2.16. The summed E-state index contributed by atoms with van der Waals surface area (Å²) in [6, 6.07) is 8.73. The molecule has 0 aliphatic rings. The van der Waals surface area contributed by atoms with Gasteiger partial charge in [0.25, 0.3) is 11.0 Å². The fourth-order valence-electron chi connectivity index (χ4n) is 0.722. The number of carbonyl (C=O) groups excluding carboxylic acids is 2. The SMILES string of the molecule is O=C(Cl)C(=O)COc1ccccc1. The fraction of sp³-hybridized carbons (Fsp3) is 0.111. The summed E-state index contributed by atoms with van der Waals surface area (Å²) in [7, 11) is 0. The van der Waals surface area contributed by atoms with Gasteiger partial charge in [-0.25, -0.2) is 0 Å². The number of halogens is 1. The largest absolute Gasteiger partial charge is 0.485 e. The predicted octanol–water partition coefficient (Wildman–Crippen LogP) is 1.40. The third kappa shape index (κ3) is 3.25. The minimum absolute atomic E-state index is 0.313. The summed E-state index contributed by atoms with van der Waals surface area (Å²) in [6.07, 6.45) is 0. The first-order chi connectivity index (χ1) is 6.20. The van der Waals surface area contributed by atoms with Crippen LogP contribution in [0.5, 0.6) is 5.75 Å². The Morgan fingerprint density at radius 1 is 1.23 bits per heavy atom. The van der Waals surface area contributed by atoms with Gasteiger partial charge in [-0.15, -0.1) is 0 Å². The lowest BCUT2D eigenvalue weighted by atomic mass is 10.3. The highest BCUT2D eigenvalue weighted by atomic mass is 35.5. The number of ether oxygens (including phenoxy) is 1. The molecule has 0 bridgehead atoms. The van der Waals surface area contributed by atoms with Crippen molar-refractivity contribution in [2.75, 3.05) is 6.61 Å². The van der Waals surface area contributed by atoms with Crippen LogP contribution >= 0.6 is 11.6 Å². The number of rotatable bonds is 4. The second-order valence-corrected chi connectivity index (χ2v) is 2.64. The van der Waals surface area contributed by atoms with E-state index in [1.54, 1.807) is 24.3 Å². The first-order valence-corrected chi connectivity index (χ1v) is 3.98. The van der Waals surface area contributed by atoms with Crippen molar-refractivity contribution in [1.29, 1.82) is 0 Å². The standard InChI is InChI=1S/C9H7ClO3/c10-9(12)8(11)6-13-7-4-2-1-3-5-7/h1-5H,6H2. The molecule has 1 aromatic carbocycles. The van der Waals surface area contributed by atoms with Crippen LogP contribution in [0.25, 0.3) is 0 Å². The Morgan fingerprint density at radius 2 is 1.85 bits per heavy atom. The highest BCUT2D eigenvalue weighted by molar-refractivity contribution is 6.81. The maximum atomic E-state index is 10.7. The van der Waals surface area contributed by atoms with Gasteiger partial charge in [-0.1, -0.05) is 18.2 Å². The van der Waals surface area contributed by atoms with Gasteiger partial charge in [0.05, 0.1) is 0 Å². The molecule has 0 amide bonds. The van der Waals surface area contributed by atoms with Crippen LogP contribution in [-0.2, 0) is 9.59 Å². The van der Waals surface area contributed by atoms with E-state index in [0.717, 1.165) is 0 Å². The first-order valence-electron chi connectivity index (χ1n) is 3.60. The molecule has 4 heteroatoms. The van der Waals surface area contributed by atoms with Gasteiger partial charge in [-0.3, -0.25) is 9.59 Å². The number of hydrogen-bond donors (Lipinski definition) is 0. The summed E-state index contributed by atoms with van der Waals surface area (Å²) in [5, 5.41) is -1.00. The monoisotopic (exact) mass is 198 g/mol. The second kappa shape index (κ2) is 4.62. The number of hydrogen-bond acceptors (Lipinski definition) is 3. The van der Waals surface area contributed by atoms with Gasteiger partial charge in [0.2, 0.25) is 0 Å². The Balaban J connectivity index is 2.44. The third-order valence-electron chi connectivity index (χ3n) is 1.33. The average Bonchev–Trinajstić information content (AvgIpc) is 2.15. The van der Waals surface area contributed by atoms with Crippen molar-refractivity contribution in [3.63, 3.8) is 0 Å². The molecule has 0 aliphatic carbocycles. The van der Waals surface area contributed by atoms with Crippen molar-refractivity contribution in [2.45, 2.75) is 0 Å². The topological polar surface area (TPSA) is 43.4 Å². The highest BCUT2D eigenvalue weighted by Crippen LogP contribution is 2.07. The summed E-state index contributed by atoms with van der Waals surface area (Å²) in [5.41, 5.74) is 0. The van der Waals surface area contributed by atoms with Crippen LogP contribution in [0.15, 0.2) is 30.3 Å². The van der Waals surface area contributed by atoms with E-state index in [0.29, 0.717) is 5.75 Å².